The van der Waals surface area contributed by atoms with E-state index in [9.17, 15) is 14.7 Å². The highest BCUT2D eigenvalue weighted by atomic mass is 16.4. The van der Waals surface area contributed by atoms with Gasteiger partial charge >= 0.3 is 6.09 Å². The number of carbonyl (C=O) groups excluding carboxylic acids is 1. The van der Waals surface area contributed by atoms with Crippen molar-refractivity contribution in [2.24, 2.45) is 5.92 Å². The number of carbonyl (C=O) groups is 2. The number of amides is 2. The van der Waals surface area contributed by atoms with Gasteiger partial charge in [-0.05, 0) is 53.0 Å². The van der Waals surface area contributed by atoms with Crippen LogP contribution in [-0.4, -0.2) is 53.1 Å². The predicted octanol–water partition coefficient (Wildman–Crippen LogP) is 5.62. The van der Waals surface area contributed by atoms with Gasteiger partial charge in [0.05, 0.1) is 0 Å². The third kappa shape index (κ3) is 4.72. The summed E-state index contributed by atoms with van der Waals surface area (Å²) >= 11 is 0. The quantitative estimate of drug-likeness (QED) is 0.568. The minimum atomic E-state index is -1.06. The van der Waals surface area contributed by atoms with Gasteiger partial charge in [0.2, 0.25) is 5.91 Å². The zero-order valence-electron chi connectivity index (χ0n) is 19.6. The molecular formula is C28H32N2O3. The lowest BCUT2D eigenvalue weighted by molar-refractivity contribution is -0.137. The zero-order chi connectivity index (χ0) is 23.5. The Morgan fingerprint density at radius 1 is 0.939 bits per heavy atom. The van der Waals surface area contributed by atoms with Gasteiger partial charge in [0.15, 0.2) is 0 Å². The molecule has 2 aromatic rings. The molecule has 0 spiro atoms. The molecule has 1 fully saturated rings. The average Bonchev–Trinajstić information content (AvgIpc) is 2.98. The molecule has 4 rings (SSSR count). The maximum Gasteiger partial charge on any atom is 0.407 e. The van der Waals surface area contributed by atoms with Crippen LogP contribution in [-0.2, 0) is 4.79 Å². The molecule has 2 aliphatic rings. The van der Waals surface area contributed by atoms with Crippen molar-refractivity contribution in [2.75, 3.05) is 20.1 Å². The van der Waals surface area contributed by atoms with Crippen LogP contribution >= 0.6 is 0 Å². The summed E-state index contributed by atoms with van der Waals surface area (Å²) in [5.74, 6) is 0.149. The Bertz CT molecular complexity index is 1050. The Labute approximate surface area is 196 Å². The van der Waals surface area contributed by atoms with Crippen LogP contribution < -0.4 is 0 Å². The normalized spacial score (nSPS) is 16.2. The molecular weight excluding hydrogens is 412 g/mol. The van der Waals surface area contributed by atoms with Crippen LogP contribution in [0.25, 0.3) is 17.7 Å². The summed E-state index contributed by atoms with van der Waals surface area (Å²) in [7, 11) is 1.50. The second-order valence-corrected chi connectivity index (χ2v) is 9.35. The molecule has 5 heteroatoms. The molecule has 2 aromatic carbocycles. The number of likely N-dealkylation sites (N-methyl/N-ethyl adjacent to an activating group) is 1. The highest BCUT2D eigenvalue weighted by Gasteiger charge is 2.33. The molecule has 0 unspecified atom stereocenters. The molecule has 1 N–H and O–H groups in total. The molecule has 1 atom stereocenters. The second-order valence-electron chi connectivity index (χ2n) is 9.35. The summed E-state index contributed by atoms with van der Waals surface area (Å²) in [6.07, 6.45) is 5.40. The van der Waals surface area contributed by atoms with Crippen LogP contribution in [0.4, 0.5) is 4.79 Å². The van der Waals surface area contributed by atoms with Crippen LogP contribution in [0.2, 0.25) is 0 Å². The van der Waals surface area contributed by atoms with Gasteiger partial charge in [0.1, 0.15) is 6.04 Å². The van der Waals surface area contributed by atoms with Gasteiger partial charge < -0.3 is 10.0 Å². The highest BCUT2D eigenvalue weighted by Crippen LogP contribution is 2.38. The number of rotatable bonds is 4. The average molecular weight is 445 g/mol. The van der Waals surface area contributed by atoms with E-state index in [4.69, 9.17) is 0 Å². The van der Waals surface area contributed by atoms with E-state index in [1.807, 2.05) is 18.7 Å². The summed E-state index contributed by atoms with van der Waals surface area (Å²) < 4.78 is 0. The van der Waals surface area contributed by atoms with Crippen LogP contribution in [0, 0.1) is 5.92 Å². The summed E-state index contributed by atoms with van der Waals surface area (Å²) in [4.78, 5) is 27.9. The Morgan fingerprint density at radius 3 is 1.94 bits per heavy atom. The van der Waals surface area contributed by atoms with Crippen molar-refractivity contribution < 1.29 is 14.7 Å². The van der Waals surface area contributed by atoms with Crippen LogP contribution in [0.1, 0.15) is 55.4 Å². The summed E-state index contributed by atoms with van der Waals surface area (Å²) in [6.45, 7) is 5.25. The predicted molar refractivity (Wildman–Crippen MR) is 133 cm³/mol. The first kappa shape index (κ1) is 22.8. The molecule has 1 saturated heterocycles. The zero-order valence-corrected chi connectivity index (χ0v) is 19.6. The highest BCUT2D eigenvalue weighted by molar-refractivity contribution is 5.95. The molecule has 0 radical (unpaired) electrons. The monoisotopic (exact) mass is 444 g/mol. The lowest BCUT2D eigenvalue weighted by Crippen LogP contribution is -2.51. The van der Waals surface area contributed by atoms with Crippen molar-refractivity contribution in [1.29, 1.82) is 0 Å². The molecule has 0 aromatic heterocycles. The lowest BCUT2D eigenvalue weighted by atomic mass is 9.86. The van der Waals surface area contributed by atoms with Crippen molar-refractivity contribution in [1.82, 2.24) is 9.80 Å². The summed E-state index contributed by atoms with van der Waals surface area (Å²) in [5, 5.41) is 9.48. The van der Waals surface area contributed by atoms with E-state index in [0.29, 0.717) is 19.5 Å². The number of carboxylic acid groups (broad SMARTS) is 1. The molecule has 2 amide bonds. The van der Waals surface area contributed by atoms with Gasteiger partial charge in [-0.1, -0.05) is 80.1 Å². The van der Waals surface area contributed by atoms with E-state index >= 15 is 0 Å². The molecule has 0 saturated carbocycles. The van der Waals surface area contributed by atoms with Crippen LogP contribution in [0.15, 0.2) is 54.1 Å². The lowest BCUT2D eigenvalue weighted by Gasteiger charge is -2.35. The fraction of sp³-hybridized carbons (Fsp3) is 0.357. The smallest absolute Gasteiger partial charge is 0.407 e. The second kappa shape index (κ2) is 9.65. The van der Waals surface area contributed by atoms with Gasteiger partial charge in [-0.15, -0.1) is 0 Å². The van der Waals surface area contributed by atoms with Crippen molar-refractivity contribution in [2.45, 2.75) is 39.2 Å². The Balaban J connectivity index is 1.63. The van der Waals surface area contributed by atoms with Gasteiger partial charge in [-0.3, -0.25) is 9.69 Å². The van der Waals surface area contributed by atoms with Crippen molar-refractivity contribution >= 4 is 29.7 Å². The Kier molecular flexibility index (Phi) is 6.68. The van der Waals surface area contributed by atoms with E-state index < -0.39 is 12.1 Å². The van der Waals surface area contributed by atoms with Crippen molar-refractivity contribution in [3.05, 3.63) is 76.4 Å². The number of benzene rings is 2. The van der Waals surface area contributed by atoms with Gasteiger partial charge in [-0.25, -0.2) is 4.79 Å². The number of fused-ring (bicyclic) bond motifs is 2. The van der Waals surface area contributed by atoms with Gasteiger partial charge in [0.25, 0.3) is 0 Å². The first-order valence-electron chi connectivity index (χ1n) is 11.7. The van der Waals surface area contributed by atoms with E-state index in [-0.39, 0.29) is 11.8 Å². The first-order chi connectivity index (χ1) is 15.9. The molecule has 1 aliphatic heterocycles. The van der Waals surface area contributed by atoms with Gasteiger partial charge in [0, 0.05) is 20.1 Å². The largest absolute Gasteiger partial charge is 0.465 e. The van der Waals surface area contributed by atoms with E-state index in [2.05, 4.69) is 60.7 Å². The Morgan fingerprint density at radius 2 is 1.45 bits per heavy atom. The van der Waals surface area contributed by atoms with Gasteiger partial charge in [-0.2, -0.15) is 0 Å². The maximum absolute atomic E-state index is 13.3. The fourth-order valence-corrected chi connectivity index (χ4v) is 4.91. The third-order valence-corrected chi connectivity index (χ3v) is 6.68. The maximum atomic E-state index is 13.3. The molecule has 33 heavy (non-hydrogen) atoms. The number of hydrogen-bond acceptors (Lipinski definition) is 2. The van der Waals surface area contributed by atoms with Crippen LogP contribution in [0.3, 0.4) is 0 Å². The van der Waals surface area contributed by atoms with E-state index in [1.165, 1.54) is 45.3 Å². The molecule has 1 aliphatic carbocycles. The minimum absolute atomic E-state index is 0.0824. The molecule has 172 valence electrons. The van der Waals surface area contributed by atoms with E-state index in [0.717, 1.165) is 12.8 Å². The number of piperidine rings is 1. The third-order valence-electron chi connectivity index (χ3n) is 6.68. The molecule has 0 bridgehead atoms. The van der Waals surface area contributed by atoms with Crippen LogP contribution in [0.5, 0.6) is 0 Å². The Hall–Kier alpha value is -3.34. The summed E-state index contributed by atoms with van der Waals surface area (Å²) in [6, 6.07) is 16.3. The number of nitrogens with zero attached hydrogens (tertiary/aromatic N) is 2. The minimum Gasteiger partial charge on any atom is -0.465 e. The molecule has 5 nitrogen and oxygen atoms in total. The van der Waals surface area contributed by atoms with Crippen molar-refractivity contribution in [3.63, 3.8) is 0 Å². The number of hydrogen-bond donors (Lipinski definition) is 1. The molecule has 1 heterocycles. The van der Waals surface area contributed by atoms with Crippen molar-refractivity contribution in [3.8, 4) is 0 Å². The summed E-state index contributed by atoms with van der Waals surface area (Å²) in [5.41, 5.74) is 7.51. The number of likely N-dealkylation sites (tertiary alicyclic amines) is 1. The fourth-order valence-electron chi connectivity index (χ4n) is 4.91. The standard InChI is InChI=1S/C28H32N2O3/c1-19(2)18-25(29(3)28(32)33)27(31)30-16-14-22(15-17-30)26-23-10-6-4-8-20(23)12-13-21-9-5-7-11-24(21)26/h4-13,19,25H,14-18H2,1-3H3,(H,32,33)/t25-/m0/s1. The SMILES string of the molecule is CC(C)C[C@@H](C(=O)N1CCC(=C2c3ccccc3C=Cc3ccccc32)CC1)N(C)C(=O)O. The topological polar surface area (TPSA) is 60.9 Å². The first-order valence-corrected chi connectivity index (χ1v) is 11.7. The van der Waals surface area contributed by atoms with E-state index in [1.54, 1.807) is 0 Å².